The Balaban J connectivity index is 1.36. The number of nitro groups is 1. The van der Waals surface area contributed by atoms with Crippen LogP contribution in [0.25, 0.3) is 33.2 Å². The fourth-order valence-corrected chi connectivity index (χ4v) is 3.91. The second-order valence-corrected chi connectivity index (χ2v) is 7.69. The summed E-state index contributed by atoms with van der Waals surface area (Å²) in [5.74, 6) is 0.0851. The monoisotopic (exact) mass is 485 g/mol. The van der Waals surface area contributed by atoms with Gasteiger partial charge in [0.15, 0.2) is 0 Å². The van der Waals surface area contributed by atoms with E-state index in [1.54, 1.807) is 25.3 Å². The van der Waals surface area contributed by atoms with Crippen LogP contribution in [0, 0.1) is 10.1 Å². The minimum atomic E-state index is -0.566. The van der Waals surface area contributed by atoms with E-state index in [1.165, 1.54) is 6.07 Å². The molecule has 36 heavy (non-hydrogen) atoms. The van der Waals surface area contributed by atoms with Crippen molar-refractivity contribution in [3.05, 3.63) is 82.4 Å². The molecule has 11 nitrogen and oxygen atoms in total. The molecule has 2 aromatic heterocycles. The van der Waals surface area contributed by atoms with Crippen molar-refractivity contribution in [1.29, 1.82) is 0 Å². The standard InChI is InChI=1S/C25H19N5O6/c1-34-22-9-5-3-7-16(22)21-14-17(15-6-2-4-8-18(15)27-21)25(31)35-13-12-26-20-11-10-19-23(29-36-28-19)24(20)30(32)33/h2-11,14,26H,12-13H2,1H3. The first-order chi connectivity index (χ1) is 17.6. The molecule has 0 spiro atoms. The number of benzene rings is 3. The lowest BCUT2D eigenvalue weighted by Gasteiger charge is -2.12. The van der Waals surface area contributed by atoms with Gasteiger partial charge in [-0.1, -0.05) is 30.3 Å². The summed E-state index contributed by atoms with van der Waals surface area (Å²) in [6, 6.07) is 19.4. The number of ether oxygens (including phenoxy) is 2. The first-order valence-electron chi connectivity index (χ1n) is 10.9. The Morgan fingerprint density at radius 2 is 1.86 bits per heavy atom. The Hall–Kier alpha value is -5.06. The Morgan fingerprint density at radius 3 is 2.69 bits per heavy atom. The third kappa shape index (κ3) is 4.25. The fourth-order valence-electron chi connectivity index (χ4n) is 3.91. The van der Waals surface area contributed by atoms with Gasteiger partial charge in [0.05, 0.1) is 28.8 Å². The molecule has 0 aliphatic heterocycles. The van der Waals surface area contributed by atoms with Gasteiger partial charge in [-0.2, -0.15) is 0 Å². The number of carbonyl (C=O) groups excluding carboxylic acids is 1. The molecule has 0 unspecified atom stereocenters. The molecule has 0 aliphatic carbocycles. The van der Waals surface area contributed by atoms with Gasteiger partial charge in [-0.15, -0.1) is 0 Å². The van der Waals surface area contributed by atoms with E-state index < -0.39 is 10.9 Å². The van der Waals surface area contributed by atoms with Crippen LogP contribution in [-0.4, -0.2) is 46.5 Å². The van der Waals surface area contributed by atoms with E-state index in [0.717, 1.165) is 5.56 Å². The summed E-state index contributed by atoms with van der Waals surface area (Å²) in [6.45, 7) is 0.0947. The van der Waals surface area contributed by atoms with Crippen molar-refractivity contribution >= 4 is 39.3 Å². The molecule has 3 aromatic carbocycles. The van der Waals surface area contributed by atoms with Gasteiger partial charge in [0.1, 0.15) is 23.6 Å². The number of methoxy groups -OCH3 is 1. The number of fused-ring (bicyclic) bond motifs is 2. The molecule has 11 heteroatoms. The van der Waals surface area contributed by atoms with Crippen LogP contribution in [0.1, 0.15) is 10.4 Å². The highest BCUT2D eigenvalue weighted by atomic mass is 16.6. The molecule has 2 heterocycles. The van der Waals surface area contributed by atoms with Crippen molar-refractivity contribution in [2.24, 2.45) is 0 Å². The van der Waals surface area contributed by atoms with E-state index in [2.05, 4.69) is 20.3 Å². The number of hydrogen-bond acceptors (Lipinski definition) is 10. The molecular formula is C25H19N5O6. The van der Waals surface area contributed by atoms with Crippen LogP contribution in [-0.2, 0) is 4.74 Å². The average Bonchev–Trinajstić information content (AvgIpc) is 3.38. The topological polar surface area (TPSA) is 143 Å². The summed E-state index contributed by atoms with van der Waals surface area (Å²) in [5, 5.41) is 22.3. The molecule has 180 valence electrons. The number of nitrogens with zero attached hydrogens (tertiary/aromatic N) is 4. The van der Waals surface area contributed by atoms with Gasteiger partial charge >= 0.3 is 11.7 Å². The predicted octanol–water partition coefficient (Wildman–Crippen LogP) is 4.62. The van der Waals surface area contributed by atoms with Gasteiger partial charge in [0, 0.05) is 17.5 Å². The van der Waals surface area contributed by atoms with Gasteiger partial charge in [-0.25, -0.2) is 14.4 Å². The molecule has 0 amide bonds. The highest BCUT2D eigenvalue weighted by molar-refractivity contribution is 6.04. The number of carbonyl (C=O) groups is 1. The normalized spacial score (nSPS) is 10.9. The summed E-state index contributed by atoms with van der Waals surface area (Å²) in [5.41, 5.74) is 2.56. The van der Waals surface area contributed by atoms with Gasteiger partial charge in [0.25, 0.3) is 0 Å². The van der Waals surface area contributed by atoms with E-state index in [1.807, 2.05) is 42.5 Å². The molecule has 5 aromatic rings. The lowest BCUT2D eigenvalue weighted by molar-refractivity contribution is -0.382. The van der Waals surface area contributed by atoms with Crippen LogP contribution in [0.5, 0.6) is 5.75 Å². The molecule has 0 atom stereocenters. The Bertz CT molecular complexity index is 1600. The maximum absolute atomic E-state index is 13.1. The Morgan fingerprint density at radius 1 is 1.06 bits per heavy atom. The molecule has 0 radical (unpaired) electrons. The van der Waals surface area contributed by atoms with Crippen molar-refractivity contribution in [2.45, 2.75) is 0 Å². The van der Waals surface area contributed by atoms with Crippen molar-refractivity contribution in [1.82, 2.24) is 15.3 Å². The van der Waals surface area contributed by atoms with Crippen LogP contribution >= 0.6 is 0 Å². The van der Waals surface area contributed by atoms with Crippen LogP contribution in [0.4, 0.5) is 11.4 Å². The lowest BCUT2D eigenvalue weighted by atomic mass is 10.0. The molecule has 0 aliphatic rings. The second kappa shape index (κ2) is 9.66. The Kier molecular flexibility index (Phi) is 6.10. The number of esters is 1. The first-order valence-corrected chi connectivity index (χ1v) is 10.9. The lowest BCUT2D eigenvalue weighted by Crippen LogP contribution is -2.15. The van der Waals surface area contributed by atoms with Gasteiger partial charge < -0.3 is 14.8 Å². The van der Waals surface area contributed by atoms with E-state index in [4.69, 9.17) is 14.5 Å². The number of pyridine rings is 1. The highest BCUT2D eigenvalue weighted by Gasteiger charge is 2.22. The van der Waals surface area contributed by atoms with Crippen LogP contribution in [0.15, 0.2) is 71.4 Å². The van der Waals surface area contributed by atoms with E-state index in [9.17, 15) is 14.9 Å². The third-order valence-electron chi connectivity index (χ3n) is 5.55. The van der Waals surface area contributed by atoms with E-state index in [-0.39, 0.29) is 35.6 Å². The molecule has 0 bridgehead atoms. The van der Waals surface area contributed by atoms with Crippen molar-refractivity contribution < 1.29 is 23.8 Å². The molecule has 0 saturated heterocycles. The number of hydrogen-bond donors (Lipinski definition) is 1. The zero-order chi connectivity index (χ0) is 25.1. The van der Waals surface area contributed by atoms with Crippen LogP contribution in [0.2, 0.25) is 0 Å². The number of anilines is 1. The number of rotatable bonds is 8. The number of aromatic nitrogens is 3. The summed E-state index contributed by atoms with van der Waals surface area (Å²) in [7, 11) is 1.57. The molecule has 1 N–H and O–H groups in total. The highest BCUT2D eigenvalue weighted by Crippen LogP contribution is 2.32. The minimum absolute atomic E-state index is 0.0360. The first kappa shape index (κ1) is 22.7. The van der Waals surface area contributed by atoms with E-state index in [0.29, 0.717) is 27.9 Å². The minimum Gasteiger partial charge on any atom is -0.496 e. The van der Waals surface area contributed by atoms with Crippen molar-refractivity contribution in [2.75, 3.05) is 25.6 Å². The molecular weight excluding hydrogens is 466 g/mol. The fraction of sp³-hybridized carbons (Fsp3) is 0.120. The van der Waals surface area contributed by atoms with E-state index >= 15 is 0 Å². The Labute approximate surface area is 203 Å². The average molecular weight is 485 g/mol. The predicted molar refractivity (Wildman–Crippen MR) is 131 cm³/mol. The zero-order valence-corrected chi connectivity index (χ0v) is 19.0. The largest absolute Gasteiger partial charge is 0.496 e. The smallest absolute Gasteiger partial charge is 0.338 e. The van der Waals surface area contributed by atoms with Crippen LogP contribution < -0.4 is 10.1 Å². The number of nitrogens with one attached hydrogen (secondary N) is 1. The van der Waals surface area contributed by atoms with Gasteiger partial charge in [-0.05, 0) is 46.7 Å². The molecule has 5 rings (SSSR count). The maximum Gasteiger partial charge on any atom is 0.338 e. The number of para-hydroxylation sites is 2. The van der Waals surface area contributed by atoms with Gasteiger partial charge in [0.2, 0.25) is 5.52 Å². The summed E-state index contributed by atoms with van der Waals surface area (Å²) >= 11 is 0. The second-order valence-electron chi connectivity index (χ2n) is 7.69. The quantitative estimate of drug-likeness (QED) is 0.143. The molecule has 0 fully saturated rings. The summed E-state index contributed by atoms with van der Waals surface area (Å²) in [4.78, 5) is 28.7. The summed E-state index contributed by atoms with van der Waals surface area (Å²) in [6.07, 6.45) is 0. The number of nitro benzene ring substituents is 1. The van der Waals surface area contributed by atoms with Crippen molar-refractivity contribution in [3.8, 4) is 17.0 Å². The van der Waals surface area contributed by atoms with Crippen LogP contribution in [0.3, 0.4) is 0 Å². The zero-order valence-electron chi connectivity index (χ0n) is 19.0. The maximum atomic E-state index is 13.1. The summed E-state index contributed by atoms with van der Waals surface area (Å²) < 4.78 is 15.6. The van der Waals surface area contributed by atoms with Gasteiger partial charge in [-0.3, -0.25) is 10.1 Å². The van der Waals surface area contributed by atoms with Crippen molar-refractivity contribution in [3.63, 3.8) is 0 Å². The SMILES string of the molecule is COc1ccccc1-c1cc(C(=O)OCCNc2ccc3nonc3c2[N+](=O)[O-])c2ccccc2n1. The third-order valence-corrected chi connectivity index (χ3v) is 5.55. The molecule has 0 saturated carbocycles.